The molecule has 0 aliphatic heterocycles. The summed E-state index contributed by atoms with van der Waals surface area (Å²) in [7, 11) is -3.37. The van der Waals surface area contributed by atoms with E-state index in [0.29, 0.717) is 30.1 Å². The van der Waals surface area contributed by atoms with Crippen molar-refractivity contribution in [1.82, 2.24) is 9.19 Å². The van der Waals surface area contributed by atoms with E-state index >= 15 is 0 Å². The van der Waals surface area contributed by atoms with Crippen LogP contribution in [-0.4, -0.2) is 34.1 Å². The molecule has 6 heteroatoms. The Morgan fingerprint density at radius 2 is 1.97 bits per heavy atom. The largest absolute Gasteiger partial charge is 0.377 e. The van der Waals surface area contributed by atoms with Gasteiger partial charge in [-0.25, -0.2) is 8.42 Å². The van der Waals surface area contributed by atoms with Gasteiger partial charge in [-0.15, -0.1) is 6.42 Å². The van der Waals surface area contributed by atoms with Gasteiger partial charge in [-0.05, 0) is 92.4 Å². The molecule has 0 bridgehead atoms. The number of hydrogen-bond acceptors (Lipinski definition) is 4. The Morgan fingerprint density at radius 1 is 1.22 bits per heavy atom. The maximum Gasteiger partial charge on any atom is 0.253 e. The third-order valence-corrected chi connectivity index (χ3v) is 11.9. The fourth-order valence-corrected chi connectivity index (χ4v) is 9.70. The third-order valence-electron chi connectivity index (χ3n) is 10.4. The quantitative estimate of drug-likeness (QED) is 0.687. The molecule has 176 valence electrons. The van der Waals surface area contributed by atoms with E-state index < -0.39 is 15.6 Å². The van der Waals surface area contributed by atoms with Crippen LogP contribution < -0.4 is 0 Å². The monoisotopic (exact) mass is 458 g/mol. The van der Waals surface area contributed by atoms with Crippen molar-refractivity contribution >= 4 is 10.0 Å². The molecule has 0 saturated heterocycles. The molecule has 7 atom stereocenters. The Morgan fingerprint density at radius 3 is 2.69 bits per heavy atom. The third kappa shape index (κ3) is 2.99. The lowest BCUT2D eigenvalue weighted by molar-refractivity contribution is -0.127. The summed E-state index contributed by atoms with van der Waals surface area (Å²) < 4.78 is 26.8. The summed E-state index contributed by atoms with van der Waals surface area (Å²) >= 11 is 0. The Labute approximate surface area is 193 Å². The van der Waals surface area contributed by atoms with Crippen LogP contribution in [0, 0.1) is 46.8 Å². The number of hydrogen-bond donors (Lipinski definition) is 1. The van der Waals surface area contributed by atoms with Gasteiger partial charge in [0.25, 0.3) is 10.0 Å². The summed E-state index contributed by atoms with van der Waals surface area (Å²) in [5.41, 5.74) is 1.14. The molecule has 1 aromatic rings. The van der Waals surface area contributed by atoms with Crippen molar-refractivity contribution in [3.63, 3.8) is 0 Å². The van der Waals surface area contributed by atoms with Crippen LogP contribution in [0.2, 0.25) is 0 Å². The van der Waals surface area contributed by atoms with Gasteiger partial charge in [0.1, 0.15) is 5.60 Å². The Balaban J connectivity index is 1.44. The lowest BCUT2D eigenvalue weighted by Crippen LogP contribution is -2.56. The van der Waals surface area contributed by atoms with Crippen molar-refractivity contribution in [2.45, 2.75) is 90.6 Å². The second kappa shape index (κ2) is 7.34. The lowest BCUT2D eigenvalue weighted by Gasteiger charge is -2.60. The molecular weight excluding hydrogens is 420 g/mol. The number of rotatable bonds is 4. The average Bonchev–Trinajstić information content (AvgIpc) is 3.29. The van der Waals surface area contributed by atoms with E-state index in [1.807, 2.05) is 13.1 Å². The van der Waals surface area contributed by atoms with Crippen molar-refractivity contribution in [3.05, 3.63) is 17.5 Å². The van der Waals surface area contributed by atoms with Crippen LogP contribution in [0.1, 0.15) is 83.4 Å². The minimum atomic E-state index is -3.37. The van der Waals surface area contributed by atoms with Crippen LogP contribution in [0.5, 0.6) is 0 Å². The molecule has 5 rings (SSSR count). The fourth-order valence-electron chi connectivity index (χ4n) is 8.34. The van der Waals surface area contributed by atoms with Crippen LogP contribution in [0.3, 0.4) is 0 Å². The molecule has 0 radical (unpaired) electrons. The second-order valence-electron chi connectivity index (χ2n) is 11.7. The van der Waals surface area contributed by atoms with E-state index in [-0.39, 0.29) is 16.6 Å². The second-order valence-corrected chi connectivity index (χ2v) is 13.6. The van der Waals surface area contributed by atoms with Crippen molar-refractivity contribution in [1.29, 1.82) is 0 Å². The summed E-state index contributed by atoms with van der Waals surface area (Å²) in [5.74, 6) is 5.17. The van der Waals surface area contributed by atoms with Crippen LogP contribution in [0.25, 0.3) is 0 Å². The van der Waals surface area contributed by atoms with Crippen molar-refractivity contribution in [2.24, 2.45) is 34.5 Å². The average molecular weight is 459 g/mol. The van der Waals surface area contributed by atoms with E-state index in [1.165, 1.54) is 10.5 Å². The Hall–Kier alpha value is -1.32. The Bertz CT molecular complexity index is 1060. The number of terminal acetylenes is 1. The topological polar surface area (TPSA) is 72.2 Å². The molecular formula is C26H38N2O3S. The molecule has 0 unspecified atom stereocenters. The number of nitrogens with zero attached hydrogens (tertiary/aromatic N) is 2. The molecule has 4 aliphatic rings. The zero-order chi connectivity index (χ0) is 22.9. The predicted molar refractivity (Wildman–Crippen MR) is 125 cm³/mol. The minimum Gasteiger partial charge on any atom is -0.377 e. The van der Waals surface area contributed by atoms with Crippen LogP contribution in [0.15, 0.2) is 6.20 Å². The van der Waals surface area contributed by atoms with Crippen LogP contribution in [0.4, 0.5) is 0 Å². The molecule has 3 fully saturated rings. The molecule has 5 nitrogen and oxygen atoms in total. The first-order valence-corrected chi connectivity index (χ1v) is 14.2. The van der Waals surface area contributed by atoms with Gasteiger partial charge in [-0.2, -0.15) is 9.19 Å². The maximum atomic E-state index is 12.7. The van der Waals surface area contributed by atoms with Gasteiger partial charge in [-0.1, -0.05) is 33.1 Å². The summed E-state index contributed by atoms with van der Waals surface area (Å²) in [6.45, 7) is 6.69. The molecule has 4 aliphatic carbocycles. The molecule has 1 aromatic heterocycles. The summed E-state index contributed by atoms with van der Waals surface area (Å²) in [5, 5.41) is 15.8. The highest BCUT2D eigenvalue weighted by molar-refractivity contribution is 7.89. The fraction of sp³-hybridized carbons (Fsp3) is 0.808. The smallest absolute Gasteiger partial charge is 0.253 e. The first-order valence-electron chi connectivity index (χ1n) is 12.6. The van der Waals surface area contributed by atoms with E-state index in [1.54, 1.807) is 0 Å². The van der Waals surface area contributed by atoms with Crippen molar-refractivity contribution in [2.75, 3.05) is 5.75 Å². The first-order chi connectivity index (χ1) is 15.1. The highest BCUT2D eigenvalue weighted by Crippen LogP contribution is 2.67. The molecule has 0 spiro atoms. The van der Waals surface area contributed by atoms with Gasteiger partial charge in [0.15, 0.2) is 0 Å². The van der Waals surface area contributed by atoms with Gasteiger partial charge in [0.05, 0.1) is 11.4 Å². The summed E-state index contributed by atoms with van der Waals surface area (Å²) in [4.78, 5) is 0. The summed E-state index contributed by atoms with van der Waals surface area (Å²) in [6, 6.07) is 0. The van der Waals surface area contributed by atoms with Crippen LogP contribution in [-0.2, 0) is 22.9 Å². The van der Waals surface area contributed by atoms with E-state index in [9.17, 15) is 13.5 Å². The van der Waals surface area contributed by atoms with Gasteiger partial charge in [-0.3, -0.25) is 0 Å². The van der Waals surface area contributed by atoms with Gasteiger partial charge in [0, 0.05) is 11.6 Å². The number of unbranched alkanes of at least 4 members (excludes halogenated alkanes) is 1. The summed E-state index contributed by atoms with van der Waals surface area (Å²) in [6.07, 6.45) is 17.2. The van der Waals surface area contributed by atoms with Crippen molar-refractivity contribution in [3.8, 4) is 12.3 Å². The normalized spacial score (nSPS) is 43.0. The van der Waals surface area contributed by atoms with Crippen molar-refractivity contribution < 1.29 is 13.5 Å². The SMILES string of the molecule is C#C[C@]1(O)CC[C@H]2[C@@H]3CC[C@H]4Cc5nn(S(=O)(=O)CCCC)cc5C[C@]4(C)[C@H]3CC[C@@]21C. The maximum absolute atomic E-state index is 12.7. The highest BCUT2D eigenvalue weighted by atomic mass is 32.2. The van der Waals surface area contributed by atoms with Gasteiger partial charge < -0.3 is 5.11 Å². The number of aromatic nitrogens is 2. The van der Waals surface area contributed by atoms with E-state index in [0.717, 1.165) is 62.6 Å². The van der Waals surface area contributed by atoms with E-state index in [4.69, 9.17) is 6.42 Å². The molecule has 32 heavy (non-hydrogen) atoms. The van der Waals surface area contributed by atoms with Gasteiger partial charge in [0.2, 0.25) is 0 Å². The zero-order valence-corrected chi connectivity index (χ0v) is 20.6. The highest BCUT2D eigenvalue weighted by Gasteiger charge is 2.64. The molecule has 0 aromatic carbocycles. The molecule has 3 saturated carbocycles. The molecule has 1 N–H and O–H groups in total. The van der Waals surface area contributed by atoms with Gasteiger partial charge >= 0.3 is 0 Å². The number of fused-ring (bicyclic) bond motifs is 6. The minimum absolute atomic E-state index is 0.161. The van der Waals surface area contributed by atoms with Crippen LogP contribution >= 0.6 is 0 Å². The molecule has 0 amide bonds. The first kappa shape index (κ1) is 22.5. The zero-order valence-electron chi connectivity index (χ0n) is 19.8. The molecule has 1 heterocycles. The predicted octanol–water partition coefficient (Wildman–Crippen LogP) is 4.18. The Kier molecular flexibility index (Phi) is 5.15. The standard InChI is InChI=1S/C26H38N2O3S/c1-5-7-14-32(30,31)28-17-18-16-24(3)19(15-23(18)27-28)8-9-20-21(24)10-12-25(4)22(20)11-13-26(25,29)6-2/h2,17,19-22,29H,5,7-16H2,1,3-4H3/t19-,20+,21-,22-,24-,25-,26-/m0/s1. The van der Waals surface area contributed by atoms with E-state index in [2.05, 4.69) is 24.9 Å². The number of aliphatic hydroxyl groups is 1. The lowest BCUT2D eigenvalue weighted by atomic mass is 9.44.